The molecule has 4 heterocycles. The van der Waals surface area contributed by atoms with Crippen LogP contribution in [0.1, 0.15) is 53.2 Å². The molecule has 3 N–H and O–H groups in total. The van der Waals surface area contributed by atoms with Crippen LogP contribution in [0.25, 0.3) is 10.9 Å². The highest BCUT2D eigenvalue weighted by molar-refractivity contribution is 7.89. The second-order valence-corrected chi connectivity index (χ2v) is 16.2. The summed E-state index contributed by atoms with van der Waals surface area (Å²) < 4.78 is 76.4. The van der Waals surface area contributed by atoms with Gasteiger partial charge in [0.1, 0.15) is 5.75 Å². The van der Waals surface area contributed by atoms with Crippen molar-refractivity contribution in [3.05, 3.63) is 150 Å². The summed E-state index contributed by atoms with van der Waals surface area (Å²) in [6.07, 6.45) is 1.26. The van der Waals surface area contributed by atoms with E-state index in [1.807, 2.05) is 60.7 Å². The topological polar surface area (TPSA) is 95.6 Å². The lowest BCUT2D eigenvalue weighted by atomic mass is 9.73. The molecule has 0 amide bonds. The van der Waals surface area contributed by atoms with Gasteiger partial charge in [0.25, 0.3) is 0 Å². The molecule has 55 heavy (non-hydrogen) atoms. The molecule has 1 unspecified atom stereocenters. The summed E-state index contributed by atoms with van der Waals surface area (Å²) >= 11 is 6.15. The minimum absolute atomic E-state index is 0.0739. The van der Waals surface area contributed by atoms with Gasteiger partial charge in [0.15, 0.2) is 5.11 Å². The molecule has 3 aliphatic heterocycles. The normalized spacial score (nSPS) is 21.3. The first-order valence-corrected chi connectivity index (χ1v) is 20.0. The number of nitrogens with one attached hydrogen (secondary N) is 3. The van der Waals surface area contributed by atoms with Crippen molar-refractivity contribution in [2.24, 2.45) is 11.8 Å². The van der Waals surface area contributed by atoms with Crippen LogP contribution in [-0.2, 0) is 16.2 Å². The Kier molecular flexibility index (Phi) is 11.3. The Morgan fingerprint density at radius 2 is 1.62 bits per heavy atom. The molecule has 3 fully saturated rings. The van der Waals surface area contributed by atoms with Gasteiger partial charge >= 0.3 is 6.18 Å². The van der Waals surface area contributed by atoms with E-state index in [1.165, 1.54) is 0 Å². The van der Waals surface area contributed by atoms with E-state index in [-0.39, 0.29) is 17.0 Å². The van der Waals surface area contributed by atoms with Crippen molar-refractivity contribution in [2.45, 2.75) is 48.1 Å². The fourth-order valence-electron chi connectivity index (χ4n) is 8.04. The number of ether oxygens (including phenoxy) is 1. The molecule has 0 saturated carbocycles. The molecule has 3 saturated heterocycles. The van der Waals surface area contributed by atoms with Crippen molar-refractivity contribution in [1.82, 2.24) is 25.2 Å². The largest absolute Gasteiger partial charge is 0.497 e. The van der Waals surface area contributed by atoms with E-state index >= 15 is 0 Å². The Bertz CT molecular complexity index is 2240. The average molecular weight is 786 g/mol. The van der Waals surface area contributed by atoms with Crippen LogP contribution in [0.2, 0.25) is 0 Å². The van der Waals surface area contributed by atoms with Crippen LogP contribution in [0.15, 0.2) is 133 Å². The number of rotatable bonds is 12. The van der Waals surface area contributed by atoms with Gasteiger partial charge in [-0.3, -0.25) is 9.88 Å². The third-order valence-corrected chi connectivity index (χ3v) is 12.5. The summed E-state index contributed by atoms with van der Waals surface area (Å²) in [4.78, 5) is 6.84. The SMILES string of the molecule is C=C[C@H]1CN2CC[C@H]1C[C@H]2[C@@H](NC(=S)N[C@@H](c1ccccc1)[C@@H](NS(=O)(=O)c1ccc(C(F)(F)F)cc1)c1ccccc1)c1ccnc2ccc(OC)cc12. The molecule has 5 aromatic rings. The first-order valence-electron chi connectivity index (χ1n) is 18.1. The van der Waals surface area contributed by atoms with Crippen LogP contribution in [0, 0.1) is 11.8 Å². The summed E-state index contributed by atoms with van der Waals surface area (Å²) in [5.41, 5.74) is 2.23. The predicted octanol–water partition coefficient (Wildman–Crippen LogP) is 8.12. The van der Waals surface area contributed by atoms with E-state index in [1.54, 1.807) is 37.6 Å². The Morgan fingerprint density at radius 1 is 0.945 bits per heavy atom. The molecule has 2 bridgehead atoms. The molecule has 8 rings (SSSR count). The smallest absolute Gasteiger partial charge is 0.416 e. The number of sulfonamides is 1. The third-order valence-electron chi connectivity index (χ3n) is 10.9. The first-order chi connectivity index (χ1) is 26.4. The van der Waals surface area contributed by atoms with E-state index in [9.17, 15) is 21.6 Å². The van der Waals surface area contributed by atoms with Gasteiger partial charge in [0.05, 0.1) is 41.2 Å². The van der Waals surface area contributed by atoms with Crippen LogP contribution >= 0.6 is 12.2 Å². The van der Waals surface area contributed by atoms with Crippen LogP contribution in [0.3, 0.4) is 0 Å². The molecule has 8 nitrogen and oxygen atoms in total. The maximum absolute atomic E-state index is 14.0. The third kappa shape index (κ3) is 8.40. The highest BCUT2D eigenvalue weighted by atomic mass is 32.2. The van der Waals surface area contributed by atoms with E-state index in [0.29, 0.717) is 28.3 Å². The number of nitrogens with zero attached hydrogens (tertiary/aromatic N) is 2. The lowest BCUT2D eigenvalue weighted by Gasteiger charge is -2.52. The summed E-state index contributed by atoms with van der Waals surface area (Å²) in [7, 11) is -2.71. The lowest BCUT2D eigenvalue weighted by molar-refractivity contribution is -0.137. The highest BCUT2D eigenvalue weighted by Crippen LogP contribution is 2.43. The number of fused-ring (bicyclic) bond motifs is 4. The molecule has 4 aromatic carbocycles. The van der Waals surface area contributed by atoms with Crippen LogP contribution in [0.5, 0.6) is 5.75 Å². The molecule has 1 aromatic heterocycles. The molecule has 0 aliphatic carbocycles. The molecule has 0 radical (unpaired) electrons. The van der Waals surface area contributed by atoms with E-state index < -0.39 is 33.8 Å². The summed E-state index contributed by atoms with van der Waals surface area (Å²) in [5.74, 6) is 1.57. The number of thiocarbonyl (C=S) groups is 1. The highest BCUT2D eigenvalue weighted by Gasteiger charge is 2.43. The molecule has 7 atom stereocenters. The van der Waals surface area contributed by atoms with Gasteiger partial charge in [0, 0.05) is 24.2 Å². The Hall–Kier alpha value is -4.82. The molecule has 3 aliphatic rings. The van der Waals surface area contributed by atoms with Crippen LogP contribution in [0.4, 0.5) is 13.2 Å². The quantitative estimate of drug-likeness (QED) is 0.0863. The zero-order chi connectivity index (χ0) is 38.7. The van der Waals surface area contributed by atoms with Gasteiger partial charge in [-0.05, 0) is 109 Å². The van der Waals surface area contributed by atoms with E-state index in [4.69, 9.17) is 17.0 Å². The molecule has 13 heteroatoms. The number of aromatic nitrogens is 1. The van der Waals surface area contributed by atoms with Gasteiger partial charge in [-0.1, -0.05) is 66.7 Å². The average Bonchev–Trinajstić information content (AvgIpc) is 3.21. The summed E-state index contributed by atoms with van der Waals surface area (Å²) in [6, 6.07) is 27.7. The summed E-state index contributed by atoms with van der Waals surface area (Å²) in [6.45, 7) is 5.94. The minimum atomic E-state index is -4.61. The first kappa shape index (κ1) is 38.5. The van der Waals surface area contributed by atoms with Crippen LogP contribution < -0.4 is 20.1 Å². The standard InChI is InChI=1S/C42H42F3N5O3S2/c1-3-27-26-50-23-21-30(27)24-37(50)40(34-20-22-46-36-19-16-32(53-2)25-35(34)36)48-41(54)47-38(28-10-6-4-7-11-28)39(29-12-8-5-9-13-29)49-55(51,52)33-17-14-31(15-18-33)42(43,44)45/h3-20,22,25,27,30,37-40,49H,1,21,23-24,26H2,2H3,(H2,47,48,54)/t27-,30-,37-,38-,39-,40-/m0/s1. The maximum Gasteiger partial charge on any atom is 0.416 e. The van der Waals surface area contributed by atoms with Gasteiger partial charge < -0.3 is 15.4 Å². The van der Waals surface area contributed by atoms with E-state index in [0.717, 1.165) is 72.2 Å². The Morgan fingerprint density at radius 3 is 2.22 bits per heavy atom. The van der Waals surface area contributed by atoms with Gasteiger partial charge in [0.2, 0.25) is 10.0 Å². The second kappa shape index (κ2) is 16.1. The molecule has 0 spiro atoms. The molecular formula is C42H42F3N5O3S2. The maximum atomic E-state index is 14.0. The minimum Gasteiger partial charge on any atom is -0.497 e. The Balaban J connectivity index is 1.26. The van der Waals surface area contributed by atoms with Crippen molar-refractivity contribution in [3.63, 3.8) is 0 Å². The van der Waals surface area contributed by atoms with E-state index in [2.05, 4.69) is 37.9 Å². The monoisotopic (exact) mass is 785 g/mol. The number of hydrogen-bond donors (Lipinski definition) is 3. The number of pyridine rings is 1. The van der Waals surface area contributed by atoms with Gasteiger partial charge in [-0.15, -0.1) is 6.58 Å². The zero-order valence-electron chi connectivity index (χ0n) is 30.1. The molecular weight excluding hydrogens is 744 g/mol. The van der Waals surface area contributed by atoms with Crippen LogP contribution in [-0.4, -0.2) is 49.7 Å². The number of methoxy groups -OCH3 is 1. The number of hydrogen-bond acceptors (Lipinski definition) is 6. The Labute approximate surface area is 324 Å². The van der Waals surface area contributed by atoms with Gasteiger partial charge in [-0.2, -0.15) is 13.2 Å². The van der Waals surface area contributed by atoms with Crippen molar-refractivity contribution in [2.75, 3.05) is 20.2 Å². The number of alkyl halides is 3. The summed E-state index contributed by atoms with van der Waals surface area (Å²) in [5, 5.41) is 8.37. The van der Waals surface area contributed by atoms with Crippen molar-refractivity contribution < 1.29 is 26.3 Å². The van der Waals surface area contributed by atoms with Crippen molar-refractivity contribution >= 4 is 38.3 Å². The lowest BCUT2D eigenvalue weighted by Crippen LogP contribution is -2.58. The fourth-order valence-corrected chi connectivity index (χ4v) is 9.53. The number of benzene rings is 4. The van der Waals surface area contributed by atoms with Crippen molar-refractivity contribution in [1.29, 1.82) is 0 Å². The van der Waals surface area contributed by atoms with Crippen molar-refractivity contribution in [3.8, 4) is 5.75 Å². The number of halogens is 3. The second-order valence-electron chi connectivity index (χ2n) is 14.0. The van der Waals surface area contributed by atoms with Gasteiger partial charge in [-0.25, -0.2) is 13.1 Å². The predicted molar refractivity (Wildman–Crippen MR) is 212 cm³/mol. The fraction of sp³-hybridized carbons (Fsp3) is 0.286. The molecule has 286 valence electrons. The number of piperidine rings is 3. The zero-order valence-corrected chi connectivity index (χ0v) is 31.7.